The Morgan fingerprint density at radius 2 is 1.10 bits per heavy atom. The van der Waals surface area contributed by atoms with E-state index in [1.165, 1.54) is 6.92 Å². The van der Waals surface area contributed by atoms with E-state index in [0.717, 1.165) is 0 Å². The van der Waals surface area contributed by atoms with E-state index in [9.17, 15) is 65.5 Å². The Bertz CT molecular complexity index is 675. The van der Waals surface area contributed by atoms with Gasteiger partial charge in [0, 0.05) is 0 Å². The summed E-state index contributed by atoms with van der Waals surface area (Å²) in [6.07, 6.45) is -6.44. The summed E-state index contributed by atoms with van der Waals surface area (Å²) in [5, 5.41) is -7.51. The van der Waals surface area contributed by atoms with Crippen LogP contribution >= 0.6 is 0 Å². The van der Waals surface area contributed by atoms with E-state index in [0.29, 0.717) is 0 Å². The van der Waals surface area contributed by atoms with Crippen molar-refractivity contribution in [2.75, 3.05) is 0 Å². The Morgan fingerprint density at radius 1 is 0.724 bits per heavy atom. The molecule has 17 heteroatoms. The van der Waals surface area contributed by atoms with Crippen LogP contribution in [0.4, 0.5) is 57.1 Å². The highest BCUT2D eigenvalue weighted by atomic mass is 32.2. The van der Waals surface area contributed by atoms with Gasteiger partial charge in [0.15, 0.2) is 6.17 Å². The largest absolute Gasteiger partial charge is 0.438 e. The average molecular weight is 484 g/mol. The van der Waals surface area contributed by atoms with Crippen LogP contribution in [0.1, 0.15) is 32.6 Å². The predicted molar refractivity (Wildman–Crippen MR) is 70.3 cm³/mol. The lowest BCUT2D eigenvalue weighted by Gasteiger charge is -2.41. The van der Waals surface area contributed by atoms with Gasteiger partial charge in [-0.15, -0.1) is 0 Å². The van der Waals surface area contributed by atoms with E-state index in [1.807, 2.05) is 0 Å². The SMILES string of the molecule is CCCCCC(F)C(F)(F)C(F)(F)C(F)(F)C(F)(F)C(F)(F)C(F)(F)S(=O)(=O)O. The van der Waals surface area contributed by atoms with Crippen molar-refractivity contribution in [3.05, 3.63) is 0 Å². The molecule has 0 spiro atoms. The molecule has 0 radical (unpaired) electrons. The summed E-state index contributed by atoms with van der Waals surface area (Å²) < 4.78 is 201. The highest BCUT2D eigenvalue weighted by Crippen LogP contribution is 2.61. The van der Waals surface area contributed by atoms with Gasteiger partial charge in [-0.25, -0.2) is 4.39 Å². The average Bonchev–Trinajstić information content (AvgIpc) is 2.52. The van der Waals surface area contributed by atoms with Gasteiger partial charge in [0.05, 0.1) is 0 Å². The standard InChI is InChI=1S/C12H13F13O3S/c1-2-3-4-5-6(13)7(14,15)8(16,17)9(18,19)10(20,21)11(22,23)12(24,25)29(26,27)28/h6H,2-5H2,1H3,(H,26,27,28). The molecule has 0 fully saturated rings. The molecular weight excluding hydrogens is 471 g/mol. The molecule has 0 aliphatic carbocycles. The lowest BCUT2D eigenvalue weighted by molar-refractivity contribution is -0.421. The van der Waals surface area contributed by atoms with E-state index >= 15 is 0 Å². The molecule has 0 bridgehead atoms. The molecule has 0 aromatic carbocycles. The molecule has 0 heterocycles. The van der Waals surface area contributed by atoms with E-state index in [4.69, 9.17) is 4.55 Å². The molecule has 0 aromatic heterocycles. The van der Waals surface area contributed by atoms with E-state index in [-0.39, 0.29) is 12.8 Å². The Balaban J connectivity index is 6.35. The van der Waals surface area contributed by atoms with Crippen LogP contribution in [0.5, 0.6) is 0 Å². The molecule has 1 N–H and O–H groups in total. The summed E-state index contributed by atoms with van der Waals surface area (Å²) in [5.41, 5.74) is 0. The molecule has 0 amide bonds. The zero-order valence-corrected chi connectivity index (χ0v) is 14.8. The molecule has 176 valence electrons. The van der Waals surface area contributed by atoms with Crippen LogP contribution in [0.2, 0.25) is 0 Å². The van der Waals surface area contributed by atoms with Crippen LogP contribution in [-0.4, -0.2) is 54.0 Å². The summed E-state index contributed by atoms with van der Waals surface area (Å²) in [6.45, 7) is 1.41. The van der Waals surface area contributed by atoms with Gasteiger partial charge in [0.2, 0.25) is 0 Å². The van der Waals surface area contributed by atoms with Crippen molar-refractivity contribution >= 4 is 10.1 Å². The monoisotopic (exact) mass is 484 g/mol. The number of hydrogen-bond acceptors (Lipinski definition) is 2. The lowest BCUT2D eigenvalue weighted by atomic mass is 9.91. The summed E-state index contributed by atoms with van der Waals surface area (Å²) >= 11 is 0. The van der Waals surface area contributed by atoms with Crippen LogP contribution in [0.25, 0.3) is 0 Å². The molecule has 3 nitrogen and oxygen atoms in total. The number of halogens is 13. The Morgan fingerprint density at radius 3 is 1.45 bits per heavy atom. The van der Waals surface area contributed by atoms with E-state index in [2.05, 4.69) is 0 Å². The molecular formula is C12H13F13O3S. The molecule has 0 saturated carbocycles. The molecule has 0 saturated heterocycles. The lowest BCUT2D eigenvalue weighted by Crippen LogP contribution is -2.72. The number of alkyl halides is 13. The number of rotatable bonds is 11. The van der Waals surface area contributed by atoms with Crippen LogP contribution in [-0.2, 0) is 10.1 Å². The molecule has 0 aliphatic heterocycles. The maximum atomic E-state index is 13.4. The Hall–Kier alpha value is -1.00. The summed E-state index contributed by atoms with van der Waals surface area (Å²) in [5.74, 6) is -38.8. The van der Waals surface area contributed by atoms with Gasteiger partial charge < -0.3 is 0 Å². The zero-order valence-electron chi connectivity index (χ0n) is 14.0. The number of hydrogen-bond donors (Lipinski definition) is 1. The van der Waals surface area contributed by atoms with Gasteiger partial charge in [0.1, 0.15) is 0 Å². The maximum absolute atomic E-state index is 13.4. The van der Waals surface area contributed by atoms with Gasteiger partial charge in [-0.1, -0.05) is 26.2 Å². The Kier molecular flexibility index (Phi) is 7.65. The van der Waals surface area contributed by atoms with Gasteiger partial charge >= 0.3 is 45.0 Å². The highest BCUT2D eigenvalue weighted by Gasteiger charge is 2.92. The Labute approximate surface area is 155 Å². The quantitative estimate of drug-likeness (QED) is 0.237. The second-order valence-electron chi connectivity index (χ2n) is 5.88. The van der Waals surface area contributed by atoms with Gasteiger partial charge in [0.25, 0.3) is 0 Å². The molecule has 0 aromatic rings. The van der Waals surface area contributed by atoms with Crippen molar-refractivity contribution in [1.29, 1.82) is 0 Å². The van der Waals surface area contributed by atoms with E-state index < -0.39 is 64.0 Å². The second kappa shape index (κ2) is 7.92. The summed E-state index contributed by atoms with van der Waals surface area (Å²) in [7, 11) is -7.62. The topological polar surface area (TPSA) is 54.4 Å². The van der Waals surface area contributed by atoms with Crippen molar-refractivity contribution in [2.45, 2.75) is 73.6 Å². The first-order valence-electron chi connectivity index (χ1n) is 7.36. The molecule has 1 unspecified atom stereocenters. The van der Waals surface area contributed by atoms with Crippen molar-refractivity contribution < 1.29 is 70.0 Å². The fourth-order valence-electron chi connectivity index (χ4n) is 1.90. The van der Waals surface area contributed by atoms with Crippen molar-refractivity contribution in [2.24, 2.45) is 0 Å². The molecule has 0 rings (SSSR count). The first-order chi connectivity index (χ1) is 12.5. The third kappa shape index (κ3) is 4.12. The predicted octanol–water partition coefficient (Wildman–Crippen LogP) is 5.56. The fourth-order valence-corrected chi connectivity index (χ4v) is 2.35. The minimum absolute atomic E-state index is 0.104. The van der Waals surface area contributed by atoms with Crippen LogP contribution in [0.15, 0.2) is 0 Å². The van der Waals surface area contributed by atoms with Gasteiger partial charge in [-0.3, -0.25) is 4.55 Å². The van der Waals surface area contributed by atoms with Crippen LogP contribution in [0, 0.1) is 0 Å². The second-order valence-corrected chi connectivity index (χ2v) is 7.34. The van der Waals surface area contributed by atoms with Crippen molar-refractivity contribution in [3.63, 3.8) is 0 Å². The first-order valence-corrected chi connectivity index (χ1v) is 8.80. The first kappa shape index (κ1) is 28.0. The van der Waals surface area contributed by atoms with Crippen molar-refractivity contribution in [3.8, 4) is 0 Å². The maximum Gasteiger partial charge on any atom is 0.438 e. The smallest absolute Gasteiger partial charge is 0.281 e. The normalized spacial score (nSPS) is 16.8. The molecule has 29 heavy (non-hydrogen) atoms. The third-order valence-electron chi connectivity index (χ3n) is 3.75. The van der Waals surface area contributed by atoms with Crippen molar-refractivity contribution in [1.82, 2.24) is 0 Å². The van der Waals surface area contributed by atoms with Gasteiger partial charge in [-0.05, 0) is 6.42 Å². The fraction of sp³-hybridized carbons (Fsp3) is 1.00. The minimum atomic E-state index is -8.20. The third-order valence-corrected chi connectivity index (χ3v) is 4.65. The van der Waals surface area contributed by atoms with Crippen LogP contribution < -0.4 is 0 Å². The minimum Gasteiger partial charge on any atom is -0.281 e. The molecule has 0 aliphatic rings. The van der Waals surface area contributed by atoms with Crippen LogP contribution in [0.3, 0.4) is 0 Å². The summed E-state index contributed by atoms with van der Waals surface area (Å²) in [4.78, 5) is 0. The van der Waals surface area contributed by atoms with Gasteiger partial charge in [-0.2, -0.15) is 61.1 Å². The van der Waals surface area contributed by atoms with E-state index in [1.54, 1.807) is 0 Å². The number of unbranched alkanes of at least 4 members (excludes halogenated alkanes) is 2. The zero-order chi connectivity index (χ0) is 23.9. The highest BCUT2D eigenvalue weighted by molar-refractivity contribution is 7.87. The summed E-state index contributed by atoms with van der Waals surface area (Å²) in [6, 6.07) is 0. The molecule has 1 atom stereocenters.